The molecule has 1 aliphatic rings. The van der Waals surface area contributed by atoms with Gasteiger partial charge < -0.3 is 28.8 Å². The highest BCUT2D eigenvalue weighted by Gasteiger charge is 2.49. The molecule has 43 heavy (non-hydrogen) atoms. The molecule has 5 aromatic rings. The number of aliphatic hydroxyl groups is 1. The first-order valence-corrected chi connectivity index (χ1v) is 14.1. The minimum absolute atomic E-state index is 0.195. The standard InChI is InChI=1S/C33H28N2O7S/c1-38-28-17-23(18-29(39-2)31(28)40-3)33(37)25(30(32(36)42-33)22-11-14-26-27(16-22)35-43-34-26)15-20-9-12-24(13-10-20)41-19-21-7-5-4-6-8-21/h4-14,16-18,37H,15,19H2,1-3H3. The van der Waals surface area contributed by atoms with Crippen molar-refractivity contribution in [3.63, 3.8) is 0 Å². The number of nitrogens with zero attached hydrogens (tertiary/aromatic N) is 2. The minimum Gasteiger partial charge on any atom is -0.493 e. The van der Waals surface area contributed by atoms with Crippen molar-refractivity contribution >= 4 is 34.3 Å². The van der Waals surface area contributed by atoms with Crippen LogP contribution in [0, 0.1) is 0 Å². The van der Waals surface area contributed by atoms with Crippen molar-refractivity contribution in [1.29, 1.82) is 0 Å². The number of rotatable bonds is 10. The van der Waals surface area contributed by atoms with E-state index in [0.29, 0.717) is 51.8 Å². The third-order valence-electron chi connectivity index (χ3n) is 7.31. The van der Waals surface area contributed by atoms with E-state index in [1.54, 1.807) is 30.3 Å². The normalized spacial score (nSPS) is 16.3. The van der Waals surface area contributed by atoms with Crippen LogP contribution in [0.4, 0.5) is 0 Å². The van der Waals surface area contributed by atoms with Gasteiger partial charge in [-0.3, -0.25) is 0 Å². The Bertz CT molecular complexity index is 1790. The number of carbonyl (C=O) groups excluding carboxylic acids is 1. The lowest BCUT2D eigenvalue weighted by Gasteiger charge is -2.27. The Morgan fingerprint density at radius 2 is 1.51 bits per heavy atom. The molecule has 1 aromatic heterocycles. The topological polar surface area (TPSA) is 109 Å². The number of hydrogen-bond donors (Lipinski definition) is 1. The van der Waals surface area contributed by atoms with Crippen molar-refractivity contribution in [2.24, 2.45) is 0 Å². The molecule has 0 saturated carbocycles. The Balaban J connectivity index is 1.42. The van der Waals surface area contributed by atoms with E-state index in [2.05, 4.69) is 8.75 Å². The van der Waals surface area contributed by atoms with Crippen molar-refractivity contribution in [2.45, 2.75) is 18.8 Å². The van der Waals surface area contributed by atoms with Gasteiger partial charge in [-0.1, -0.05) is 48.5 Å². The highest BCUT2D eigenvalue weighted by atomic mass is 32.1. The fourth-order valence-corrected chi connectivity index (χ4v) is 5.65. The van der Waals surface area contributed by atoms with Crippen LogP contribution >= 0.6 is 11.7 Å². The van der Waals surface area contributed by atoms with Gasteiger partial charge in [-0.05, 0) is 53.1 Å². The number of hydrogen-bond acceptors (Lipinski definition) is 10. The van der Waals surface area contributed by atoms with E-state index in [9.17, 15) is 9.90 Å². The predicted octanol–water partition coefficient (Wildman–Crippen LogP) is 5.69. The smallest absolute Gasteiger partial charge is 0.342 e. The highest BCUT2D eigenvalue weighted by Crippen LogP contribution is 2.49. The summed E-state index contributed by atoms with van der Waals surface area (Å²) in [5.41, 5.74) is 4.66. The van der Waals surface area contributed by atoms with Gasteiger partial charge >= 0.3 is 5.97 Å². The van der Waals surface area contributed by atoms with Crippen LogP contribution in [0.5, 0.6) is 23.0 Å². The summed E-state index contributed by atoms with van der Waals surface area (Å²) < 4.78 is 36.8. The molecule has 218 valence electrons. The maximum atomic E-state index is 13.6. The van der Waals surface area contributed by atoms with Crippen molar-refractivity contribution < 1.29 is 33.6 Å². The number of benzene rings is 4. The van der Waals surface area contributed by atoms with Crippen molar-refractivity contribution in [1.82, 2.24) is 8.75 Å². The van der Waals surface area contributed by atoms with Gasteiger partial charge in [0.05, 0.1) is 38.6 Å². The second-order valence-electron chi connectivity index (χ2n) is 9.86. The average Bonchev–Trinajstić information content (AvgIpc) is 3.61. The third-order valence-corrected chi connectivity index (χ3v) is 7.86. The molecule has 0 spiro atoms. The van der Waals surface area contributed by atoms with Gasteiger partial charge in [-0.25, -0.2) is 4.79 Å². The summed E-state index contributed by atoms with van der Waals surface area (Å²) in [5.74, 6) is -1.14. The first kappa shape index (κ1) is 28.2. The Morgan fingerprint density at radius 1 is 0.814 bits per heavy atom. The van der Waals surface area contributed by atoms with Crippen LogP contribution < -0.4 is 18.9 Å². The molecule has 2 heterocycles. The molecule has 10 heteroatoms. The molecule has 1 N–H and O–H groups in total. The number of fused-ring (bicyclic) bond motifs is 1. The van der Waals surface area contributed by atoms with Gasteiger partial charge in [-0.15, -0.1) is 0 Å². The Labute approximate surface area is 252 Å². The molecule has 0 amide bonds. The summed E-state index contributed by atoms with van der Waals surface area (Å²) in [4.78, 5) is 13.6. The first-order chi connectivity index (χ1) is 20.9. The molecule has 0 fully saturated rings. The van der Waals surface area contributed by atoms with Gasteiger partial charge in [0.15, 0.2) is 11.5 Å². The maximum absolute atomic E-state index is 13.6. The van der Waals surface area contributed by atoms with E-state index in [0.717, 1.165) is 22.9 Å². The van der Waals surface area contributed by atoms with Crippen molar-refractivity contribution in [2.75, 3.05) is 21.3 Å². The van der Waals surface area contributed by atoms with Crippen LogP contribution in [-0.4, -0.2) is 41.2 Å². The van der Waals surface area contributed by atoms with Crippen LogP contribution in [-0.2, 0) is 28.3 Å². The van der Waals surface area contributed by atoms with Crippen LogP contribution in [0.1, 0.15) is 22.3 Å². The van der Waals surface area contributed by atoms with E-state index in [1.165, 1.54) is 21.3 Å². The molecule has 1 atom stereocenters. The second kappa shape index (κ2) is 11.7. The monoisotopic (exact) mass is 596 g/mol. The zero-order valence-electron chi connectivity index (χ0n) is 23.7. The molecule has 1 aliphatic heterocycles. The van der Waals surface area contributed by atoms with Gasteiger partial charge in [0.25, 0.3) is 5.79 Å². The highest BCUT2D eigenvalue weighted by molar-refractivity contribution is 7.00. The lowest BCUT2D eigenvalue weighted by Crippen LogP contribution is -2.30. The van der Waals surface area contributed by atoms with Gasteiger partial charge in [0.1, 0.15) is 23.4 Å². The van der Waals surface area contributed by atoms with E-state index in [4.69, 9.17) is 23.7 Å². The second-order valence-corrected chi connectivity index (χ2v) is 10.4. The molecule has 1 unspecified atom stereocenters. The number of cyclic esters (lactones) is 1. The fraction of sp³-hybridized carbons (Fsp3) is 0.182. The number of ether oxygens (including phenoxy) is 5. The summed E-state index contributed by atoms with van der Waals surface area (Å²) in [6.07, 6.45) is 0.195. The summed E-state index contributed by atoms with van der Waals surface area (Å²) in [7, 11) is 4.45. The molecule has 0 aliphatic carbocycles. The molecule has 0 radical (unpaired) electrons. The number of aromatic nitrogens is 2. The lowest BCUT2D eigenvalue weighted by molar-refractivity contribution is -0.185. The Kier molecular flexibility index (Phi) is 7.71. The first-order valence-electron chi connectivity index (χ1n) is 13.4. The van der Waals surface area contributed by atoms with Gasteiger partial charge in [0, 0.05) is 17.6 Å². The van der Waals surface area contributed by atoms with E-state index >= 15 is 0 Å². The van der Waals surface area contributed by atoms with Crippen molar-refractivity contribution in [3.05, 3.63) is 113 Å². The zero-order chi connectivity index (χ0) is 30.0. The lowest BCUT2D eigenvalue weighted by atomic mass is 9.87. The predicted molar refractivity (Wildman–Crippen MR) is 161 cm³/mol. The van der Waals surface area contributed by atoms with Crippen LogP contribution in [0.2, 0.25) is 0 Å². The molecule has 0 saturated heterocycles. The Hall–Kier alpha value is -4.93. The van der Waals surface area contributed by atoms with Crippen LogP contribution in [0.25, 0.3) is 16.6 Å². The zero-order valence-corrected chi connectivity index (χ0v) is 24.5. The van der Waals surface area contributed by atoms with E-state index in [-0.39, 0.29) is 17.6 Å². The SMILES string of the molecule is COc1cc(C2(O)OC(=O)C(c3ccc4nsnc4c3)=C2Cc2ccc(OCc3ccccc3)cc2)cc(OC)c1OC. The number of esters is 1. The maximum Gasteiger partial charge on any atom is 0.342 e. The van der Waals surface area contributed by atoms with E-state index in [1.807, 2.05) is 54.6 Å². The number of carbonyl (C=O) groups is 1. The number of methoxy groups -OCH3 is 3. The average molecular weight is 597 g/mol. The van der Waals surface area contributed by atoms with Crippen LogP contribution in [0.15, 0.2) is 90.5 Å². The molecular weight excluding hydrogens is 568 g/mol. The third kappa shape index (κ3) is 5.38. The molecule has 9 nitrogen and oxygen atoms in total. The largest absolute Gasteiger partial charge is 0.493 e. The molecule has 6 rings (SSSR count). The minimum atomic E-state index is -2.13. The summed E-state index contributed by atoms with van der Waals surface area (Å²) in [5, 5.41) is 12.2. The van der Waals surface area contributed by atoms with Crippen LogP contribution in [0.3, 0.4) is 0 Å². The fourth-order valence-electron chi connectivity index (χ4n) is 5.14. The van der Waals surface area contributed by atoms with E-state index < -0.39 is 11.8 Å². The molecule has 0 bridgehead atoms. The van der Waals surface area contributed by atoms with Gasteiger partial charge in [-0.2, -0.15) is 8.75 Å². The summed E-state index contributed by atoms with van der Waals surface area (Å²) in [6.45, 7) is 0.437. The summed E-state index contributed by atoms with van der Waals surface area (Å²) >= 11 is 1.09. The van der Waals surface area contributed by atoms with Gasteiger partial charge in [0.2, 0.25) is 5.75 Å². The quantitative estimate of drug-likeness (QED) is 0.203. The molecular formula is C33H28N2O7S. The Morgan fingerprint density at radius 3 is 2.19 bits per heavy atom. The van der Waals surface area contributed by atoms with Crippen molar-refractivity contribution in [3.8, 4) is 23.0 Å². The molecule has 4 aromatic carbocycles. The summed E-state index contributed by atoms with van der Waals surface area (Å²) in [6, 6.07) is 25.9.